The van der Waals surface area contributed by atoms with Gasteiger partial charge in [0.15, 0.2) is 0 Å². The highest BCUT2D eigenvalue weighted by Gasteiger charge is 2.37. The van der Waals surface area contributed by atoms with E-state index in [0.29, 0.717) is 32.7 Å². The number of hydrogen-bond acceptors (Lipinski definition) is 4. The Morgan fingerprint density at radius 1 is 1.22 bits per heavy atom. The fourth-order valence-electron chi connectivity index (χ4n) is 2.65. The van der Waals surface area contributed by atoms with Crippen molar-refractivity contribution < 1.29 is 18.3 Å². The molecule has 0 radical (unpaired) electrons. The van der Waals surface area contributed by atoms with Gasteiger partial charge >= 0.3 is 0 Å². The highest BCUT2D eigenvalue weighted by atomic mass is 32.2. The molecule has 2 unspecified atom stereocenters. The van der Waals surface area contributed by atoms with Gasteiger partial charge in [0.25, 0.3) is 10.2 Å². The molecule has 0 bridgehead atoms. The van der Waals surface area contributed by atoms with Crippen molar-refractivity contribution in [2.45, 2.75) is 37.8 Å². The van der Waals surface area contributed by atoms with E-state index < -0.39 is 16.3 Å². The second kappa shape index (κ2) is 5.83. The van der Waals surface area contributed by atoms with Gasteiger partial charge in [0.1, 0.15) is 0 Å². The fourth-order valence-corrected chi connectivity index (χ4v) is 4.21. The first kappa shape index (κ1) is 14.2. The van der Waals surface area contributed by atoms with E-state index in [9.17, 15) is 13.5 Å². The maximum Gasteiger partial charge on any atom is 0.282 e. The first-order chi connectivity index (χ1) is 8.53. The molecule has 0 aromatic rings. The third-order valence-corrected chi connectivity index (χ3v) is 5.84. The number of aliphatic hydroxyl groups is 1. The number of morpholine rings is 1. The zero-order valence-electron chi connectivity index (χ0n) is 10.8. The minimum Gasteiger partial charge on any atom is -0.391 e. The maximum absolute atomic E-state index is 12.4. The first-order valence-corrected chi connectivity index (χ1v) is 7.92. The van der Waals surface area contributed by atoms with Gasteiger partial charge in [-0.2, -0.15) is 17.0 Å². The van der Waals surface area contributed by atoms with Crippen molar-refractivity contribution in [1.82, 2.24) is 8.61 Å². The van der Waals surface area contributed by atoms with Gasteiger partial charge in [-0.3, -0.25) is 0 Å². The Morgan fingerprint density at radius 3 is 2.44 bits per heavy atom. The summed E-state index contributed by atoms with van der Waals surface area (Å²) in [6.07, 6.45) is 2.84. The molecule has 2 fully saturated rings. The SMILES string of the molecule is CN(C1CCCCC1O)S(=O)(=O)N1CCOCC1. The van der Waals surface area contributed by atoms with Gasteiger partial charge in [0.05, 0.1) is 25.4 Å². The zero-order chi connectivity index (χ0) is 13.2. The molecule has 7 heteroatoms. The second-order valence-corrected chi connectivity index (χ2v) is 6.94. The van der Waals surface area contributed by atoms with E-state index in [1.165, 1.54) is 8.61 Å². The van der Waals surface area contributed by atoms with Crippen LogP contribution < -0.4 is 0 Å². The van der Waals surface area contributed by atoms with Crippen LogP contribution in [0.4, 0.5) is 0 Å². The van der Waals surface area contributed by atoms with Crippen LogP contribution in [0.2, 0.25) is 0 Å². The Morgan fingerprint density at radius 2 is 1.83 bits per heavy atom. The Hall–Kier alpha value is -0.210. The third kappa shape index (κ3) is 2.85. The summed E-state index contributed by atoms with van der Waals surface area (Å²) in [5.41, 5.74) is 0. The topological polar surface area (TPSA) is 70.1 Å². The molecular weight excluding hydrogens is 256 g/mol. The lowest BCUT2D eigenvalue weighted by Crippen LogP contribution is -2.53. The quantitative estimate of drug-likeness (QED) is 0.776. The number of hydrogen-bond donors (Lipinski definition) is 1. The van der Waals surface area contributed by atoms with E-state index in [4.69, 9.17) is 4.74 Å². The summed E-state index contributed by atoms with van der Waals surface area (Å²) in [5, 5.41) is 9.95. The molecule has 0 spiro atoms. The van der Waals surface area contributed by atoms with E-state index in [-0.39, 0.29) is 6.04 Å². The first-order valence-electron chi connectivity index (χ1n) is 6.52. The number of nitrogens with zero attached hydrogens (tertiary/aromatic N) is 2. The van der Waals surface area contributed by atoms with E-state index in [1.807, 2.05) is 0 Å². The van der Waals surface area contributed by atoms with Crippen LogP contribution in [0.1, 0.15) is 25.7 Å². The number of rotatable bonds is 3. The average molecular weight is 278 g/mol. The van der Waals surface area contributed by atoms with Crippen molar-refractivity contribution in [2.24, 2.45) is 0 Å². The second-order valence-electron chi connectivity index (χ2n) is 4.95. The third-order valence-electron chi connectivity index (χ3n) is 3.82. The van der Waals surface area contributed by atoms with Crippen molar-refractivity contribution in [2.75, 3.05) is 33.4 Å². The molecule has 2 aliphatic rings. The molecule has 1 saturated heterocycles. The van der Waals surface area contributed by atoms with Crippen LogP contribution in [0.15, 0.2) is 0 Å². The predicted molar refractivity (Wildman–Crippen MR) is 67.3 cm³/mol. The predicted octanol–water partition coefficient (Wildman–Crippen LogP) is -0.201. The maximum atomic E-state index is 12.4. The van der Waals surface area contributed by atoms with Crippen LogP contribution >= 0.6 is 0 Å². The minimum absolute atomic E-state index is 0.286. The largest absolute Gasteiger partial charge is 0.391 e. The molecule has 6 nitrogen and oxygen atoms in total. The van der Waals surface area contributed by atoms with Crippen LogP contribution in [-0.2, 0) is 14.9 Å². The molecule has 2 atom stereocenters. The van der Waals surface area contributed by atoms with Crippen LogP contribution in [0.25, 0.3) is 0 Å². The summed E-state index contributed by atoms with van der Waals surface area (Å²) in [6.45, 7) is 1.69. The summed E-state index contributed by atoms with van der Waals surface area (Å²) in [7, 11) is -1.89. The highest BCUT2D eigenvalue weighted by Crippen LogP contribution is 2.25. The minimum atomic E-state index is -3.47. The monoisotopic (exact) mass is 278 g/mol. The van der Waals surface area contributed by atoms with E-state index in [0.717, 1.165) is 19.3 Å². The molecule has 1 heterocycles. The molecule has 1 saturated carbocycles. The summed E-state index contributed by atoms with van der Waals surface area (Å²) in [5.74, 6) is 0. The van der Waals surface area contributed by atoms with E-state index in [1.54, 1.807) is 7.05 Å². The summed E-state index contributed by atoms with van der Waals surface area (Å²) < 4.78 is 32.8. The van der Waals surface area contributed by atoms with Crippen LogP contribution in [-0.4, -0.2) is 67.6 Å². The molecule has 1 aliphatic carbocycles. The lowest BCUT2D eigenvalue weighted by atomic mass is 9.93. The van der Waals surface area contributed by atoms with E-state index in [2.05, 4.69) is 0 Å². The lowest BCUT2D eigenvalue weighted by Gasteiger charge is -2.38. The Balaban J connectivity index is 2.07. The number of likely N-dealkylation sites (N-methyl/N-ethyl adjacent to an activating group) is 1. The zero-order valence-corrected chi connectivity index (χ0v) is 11.6. The Bertz CT molecular complexity index is 367. The van der Waals surface area contributed by atoms with Crippen LogP contribution in [0, 0.1) is 0 Å². The van der Waals surface area contributed by atoms with Gasteiger partial charge in [0, 0.05) is 20.1 Å². The molecule has 1 N–H and O–H groups in total. The summed E-state index contributed by atoms with van der Waals surface area (Å²) >= 11 is 0. The molecule has 0 amide bonds. The molecule has 2 rings (SSSR count). The molecule has 106 valence electrons. The number of aliphatic hydroxyl groups excluding tert-OH is 1. The summed E-state index contributed by atoms with van der Waals surface area (Å²) in [4.78, 5) is 0. The van der Waals surface area contributed by atoms with Crippen molar-refractivity contribution >= 4 is 10.2 Å². The lowest BCUT2D eigenvalue weighted by molar-refractivity contribution is 0.0507. The Kier molecular flexibility index (Phi) is 4.60. The average Bonchev–Trinajstić information content (AvgIpc) is 2.39. The standard InChI is InChI=1S/C11H22N2O4S/c1-12(10-4-2-3-5-11(10)14)18(15,16)13-6-8-17-9-7-13/h10-11,14H,2-9H2,1H3. The van der Waals surface area contributed by atoms with Crippen molar-refractivity contribution in [3.63, 3.8) is 0 Å². The van der Waals surface area contributed by atoms with Gasteiger partial charge in [-0.15, -0.1) is 0 Å². The van der Waals surface area contributed by atoms with Gasteiger partial charge < -0.3 is 9.84 Å². The van der Waals surface area contributed by atoms with Crippen molar-refractivity contribution in [1.29, 1.82) is 0 Å². The van der Waals surface area contributed by atoms with Gasteiger partial charge in [-0.25, -0.2) is 0 Å². The number of ether oxygens (including phenoxy) is 1. The highest BCUT2D eigenvalue weighted by molar-refractivity contribution is 7.86. The van der Waals surface area contributed by atoms with Gasteiger partial charge in [-0.1, -0.05) is 12.8 Å². The molecular formula is C11H22N2O4S. The molecule has 0 aromatic carbocycles. The smallest absolute Gasteiger partial charge is 0.282 e. The fraction of sp³-hybridized carbons (Fsp3) is 1.00. The van der Waals surface area contributed by atoms with Crippen LogP contribution in [0.3, 0.4) is 0 Å². The van der Waals surface area contributed by atoms with E-state index >= 15 is 0 Å². The summed E-state index contributed by atoms with van der Waals surface area (Å²) in [6, 6.07) is -0.286. The van der Waals surface area contributed by atoms with Gasteiger partial charge in [0.2, 0.25) is 0 Å². The normalized spacial score (nSPS) is 31.7. The Labute approximate surface area is 109 Å². The molecule has 1 aliphatic heterocycles. The van der Waals surface area contributed by atoms with Crippen molar-refractivity contribution in [3.05, 3.63) is 0 Å². The van der Waals surface area contributed by atoms with Crippen LogP contribution in [0.5, 0.6) is 0 Å². The molecule has 18 heavy (non-hydrogen) atoms. The van der Waals surface area contributed by atoms with Gasteiger partial charge in [-0.05, 0) is 12.8 Å². The molecule has 0 aromatic heterocycles. The van der Waals surface area contributed by atoms with Crippen molar-refractivity contribution in [3.8, 4) is 0 Å².